The zero-order chi connectivity index (χ0) is 18.1. The second kappa shape index (κ2) is 9.54. The monoisotopic (exact) mass is 336 g/mol. The van der Waals surface area contributed by atoms with Crippen LogP contribution in [-0.4, -0.2) is 30.5 Å². The van der Waals surface area contributed by atoms with Crippen molar-refractivity contribution < 1.29 is 23.9 Å². The zero-order valence-electron chi connectivity index (χ0n) is 14.5. The van der Waals surface area contributed by atoms with E-state index in [9.17, 15) is 14.4 Å². The van der Waals surface area contributed by atoms with Crippen molar-refractivity contribution in [3.63, 3.8) is 0 Å². The number of hydrogen-bond acceptors (Lipinski definition) is 5. The summed E-state index contributed by atoms with van der Waals surface area (Å²) in [4.78, 5) is 34.6. The normalized spacial score (nSPS) is 11.3. The molecule has 0 bridgehead atoms. The van der Waals surface area contributed by atoms with Gasteiger partial charge in [-0.2, -0.15) is 0 Å². The van der Waals surface area contributed by atoms with Crippen molar-refractivity contribution in [1.29, 1.82) is 0 Å². The van der Waals surface area contributed by atoms with Crippen molar-refractivity contribution >= 4 is 17.8 Å². The number of hydrogen-bond donors (Lipinski definition) is 2. The molecule has 2 amide bonds. The summed E-state index contributed by atoms with van der Waals surface area (Å²) in [6, 6.07) is 5.54. The maximum Gasteiger partial charge on any atom is 0.306 e. The molecule has 0 aliphatic heterocycles. The van der Waals surface area contributed by atoms with Crippen LogP contribution in [0.25, 0.3) is 0 Å². The number of ether oxygens (including phenoxy) is 2. The van der Waals surface area contributed by atoms with E-state index in [1.807, 2.05) is 26.0 Å². The number of nitrogens with one attached hydrogen (secondary N) is 2. The minimum atomic E-state index is -0.780. The van der Waals surface area contributed by atoms with Crippen LogP contribution in [0.2, 0.25) is 0 Å². The largest absolute Gasteiger partial charge is 0.481 e. The second-order valence-corrected chi connectivity index (χ2v) is 5.35. The van der Waals surface area contributed by atoms with E-state index in [2.05, 4.69) is 10.9 Å². The third-order valence-corrected chi connectivity index (χ3v) is 3.35. The first kappa shape index (κ1) is 19.5. The maximum absolute atomic E-state index is 11.9. The summed E-state index contributed by atoms with van der Waals surface area (Å²) < 4.78 is 10.3. The highest BCUT2D eigenvalue weighted by Crippen LogP contribution is 2.17. The molecular formula is C17H24N2O5. The quantitative estimate of drug-likeness (QED) is 0.582. The predicted octanol–water partition coefficient (Wildman–Crippen LogP) is 1.56. The van der Waals surface area contributed by atoms with Crippen LogP contribution < -0.4 is 15.6 Å². The number of amides is 2. The topological polar surface area (TPSA) is 93.7 Å². The van der Waals surface area contributed by atoms with Gasteiger partial charge in [0.2, 0.25) is 5.91 Å². The molecule has 1 atom stereocenters. The lowest BCUT2D eigenvalue weighted by molar-refractivity contribution is -0.144. The lowest BCUT2D eigenvalue weighted by atomic mass is 10.1. The highest BCUT2D eigenvalue weighted by Gasteiger charge is 2.16. The SMILES string of the molecule is CCOC(=O)CCC(=O)NNC(=O)C(C)Oc1ccc(C)c(C)c1. The Balaban J connectivity index is 2.37. The molecule has 24 heavy (non-hydrogen) atoms. The number of carbonyl (C=O) groups is 3. The fourth-order valence-corrected chi connectivity index (χ4v) is 1.79. The van der Waals surface area contributed by atoms with Crippen molar-refractivity contribution in [3.8, 4) is 5.75 Å². The molecule has 1 aromatic rings. The molecule has 0 aliphatic carbocycles. The van der Waals surface area contributed by atoms with Crippen LogP contribution in [0.3, 0.4) is 0 Å². The third-order valence-electron chi connectivity index (χ3n) is 3.35. The van der Waals surface area contributed by atoms with Gasteiger partial charge in [-0.05, 0) is 51.0 Å². The third kappa shape index (κ3) is 6.68. The van der Waals surface area contributed by atoms with Gasteiger partial charge in [0.05, 0.1) is 13.0 Å². The van der Waals surface area contributed by atoms with E-state index in [4.69, 9.17) is 9.47 Å². The molecule has 1 unspecified atom stereocenters. The average Bonchev–Trinajstić information content (AvgIpc) is 2.54. The zero-order valence-corrected chi connectivity index (χ0v) is 14.5. The molecule has 0 radical (unpaired) electrons. The van der Waals surface area contributed by atoms with Gasteiger partial charge in [0.15, 0.2) is 6.10 Å². The van der Waals surface area contributed by atoms with Crippen molar-refractivity contribution in [1.82, 2.24) is 10.9 Å². The first-order chi connectivity index (χ1) is 11.3. The minimum Gasteiger partial charge on any atom is -0.481 e. The summed E-state index contributed by atoms with van der Waals surface area (Å²) in [5.74, 6) is -0.840. The number of aryl methyl sites for hydroxylation is 2. The molecule has 0 spiro atoms. The Labute approximate surface area is 141 Å². The second-order valence-electron chi connectivity index (χ2n) is 5.35. The Bertz CT molecular complexity index is 601. The fourth-order valence-electron chi connectivity index (χ4n) is 1.79. The Morgan fingerprint density at radius 1 is 1.08 bits per heavy atom. The number of carbonyl (C=O) groups excluding carboxylic acids is 3. The Morgan fingerprint density at radius 2 is 1.79 bits per heavy atom. The maximum atomic E-state index is 11.9. The van der Waals surface area contributed by atoms with Crippen LogP contribution in [0.5, 0.6) is 5.75 Å². The fraction of sp³-hybridized carbons (Fsp3) is 0.471. The first-order valence-electron chi connectivity index (χ1n) is 7.81. The molecule has 0 heterocycles. The molecule has 132 valence electrons. The van der Waals surface area contributed by atoms with E-state index in [1.54, 1.807) is 19.9 Å². The molecule has 0 aliphatic rings. The van der Waals surface area contributed by atoms with Crippen molar-refractivity contribution in [2.24, 2.45) is 0 Å². The van der Waals surface area contributed by atoms with Gasteiger partial charge < -0.3 is 9.47 Å². The first-order valence-corrected chi connectivity index (χ1v) is 7.81. The van der Waals surface area contributed by atoms with Gasteiger partial charge in [-0.1, -0.05) is 6.07 Å². The van der Waals surface area contributed by atoms with Crippen molar-refractivity contribution in [2.45, 2.75) is 46.6 Å². The van der Waals surface area contributed by atoms with E-state index in [0.717, 1.165) is 11.1 Å². The van der Waals surface area contributed by atoms with E-state index >= 15 is 0 Å². The van der Waals surface area contributed by atoms with Crippen LogP contribution >= 0.6 is 0 Å². The summed E-state index contributed by atoms with van der Waals surface area (Å²) in [5, 5.41) is 0. The van der Waals surface area contributed by atoms with Crippen LogP contribution in [-0.2, 0) is 19.1 Å². The van der Waals surface area contributed by atoms with E-state index in [0.29, 0.717) is 5.75 Å². The average molecular weight is 336 g/mol. The number of esters is 1. The van der Waals surface area contributed by atoms with Crippen LogP contribution in [0.1, 0.15) is 37.8 Å². The molecule has 0 aromatic heterocycles. The molecule has 0 saturated heterocycles. The summed E-state index contributed by atoms with van der Waals surface area (Å²) in [5.41, 5.74) is 6.70. The van der Waals surface area contributed by atoms with Gasteiger partial charge in [0.25, 0.3) is 5.91 Å². The smallest absolute Gasteiger partial charge is 0.306 e. The lowest BCUT2D eigenvalue weighted by Crippen LogP contribution is -2.47. The van der Waals surface area contributed by atoms with E-state index < -0.39 is 23.9 Å². The predicted molar refractivity (Wildman–Crippen MR) is 88.2 cm³/mol. The van der Waals surface area contributed by atoms with Crippen molar-refractivity contribution in [3.05, 3.63) is 29.3 Å². The molecule has 2 N–H and O–H groups in total. The standard InChI is InChI=1S/C17H24N2O5/c1-5-23-16(21)9-8-15(20)18-19-17(22)13(4)24-14-7-6-11(2)12(3)10-14/h6-7,10,13H,5,8-9H2,1-4H3,(H,18,20)(H,19,22). The molecule has 1 aromatic carbocycles. The van der Waals surface area contributed by atoms with Gasteiger partial charge in [0, 0.05) is 6.42 Å². The van der Waals surface area contributed by atoms with Gasteiger partial charge in [-0.25, -0.2) is 0 Å². The van der Waals surface area contributed by atoms with E-state index in [-0.39, 0.29) is 19.4 Å². The molecule has 1 rings (SSSR count). The molecular weight excluding hydrogens is 312 g/mol. The highest BCUT2D eigenvalue weighted by molar-refractivity contribution is 5.86. The minimum absolute atomic E-state index is 0.0375. The molecule has 7 nitrogen and oxygen atoms in total. The Hall–Kier alpha value is -2.57. The number of hydrazine groups is 1. The summed E-state index contributed by atoms with van der Waals surface area (Å²) in [7, 11) is 0. The summed E-state index contributed by atoms with van der Waals surface area (Å²) >= 11 is 0. The van der Waals surface area contributed by atoms with Crippen LogP contribution in [0, 0.1) is 13.8 Å². The molecule has 0 saturated carbocycles. The summed E-state index contributed by atoms with van der Waals surface area (Å²) in [6.45, 7) is 7.48. The van der Waals surface area contributed by atoms with Gasteiger partial charge in [-0.15, -0.1) is 0 Å². The Morgan fingerprint density at radius 3 is 2.42 bits per heavy atom. The van der Waals surface area contributed by atoms with Gasteiger partial charge in [-0.3, -0.25) is 25.2 Å². The number of rotatable bonds is 7. The van der Waals surface area contributed by atoms with Crippen molar-refractivity contribution in [2.75, 3.05) is 6.61 Å². The van der Waals surface area contributed by atoms with Crippen LogP contribution in [0.15, 0.2) is 18.2 Å². The molecule has 0 fully saturated rings. The van der Waals surface area contributed by atoms with E-state index in [1.165, 1.54) is 0 Å². The van der Waals surface area contributed by atoms with Crippen LogP contribution in [0.4, 0.5) is 0 Å². The summed E-state index contributed by atoms with van der Waals surface area (Å²) in [6.07, 6.45) is -0.882. The lowest BCUT2D eigenvalue weighted by Gasteiger charge is -2.16. The highest BCUT2D eigenvalue weighted by atomic mass is 16.5. The van der Waals surface area contributed by atoms with Gasteiger partial charge >= 0.3 is 5.97 Å². The van der Waals surface area contributed by atoms with Gasteiger partial charge in [0.1, 0.15) is 5.75 Å². The Kier molecular flexibility index (Phi) is 7.74. The molecule has 7 heteroatoms. The number of benzene rings is 1.